The summed E-state index contributed by atoms with van der Waals surface area (Å²) in [6.07, 6.45) is -7.40. The Labute approximate surface area is 258 Å². The standard InChI is InChI=1S/C31H48O13/c1-11-15(3)26(36)39-14-30-23(41-18(6)33)20(35)13-29(10,38)31(30)24(42-19(7)34)21(28(8,9)44-31)22(40-17(5)32)25(30)43-27(37)16(4)12-2/h15-16,20-25,35,38H,11-14H2,1-10H3. The van der Waals surface area contributed by atoms with E-state index in [1.165, 1.54) is 6.92 Å². The molecule has 2 saturated carbocycles. The number of aliphatic hydroxyl groups excluding tert-OH is 1. The van der Waals surface area contributed by atoms with Crippen LogP contribution in [0.2, 0.25) is 0 Å². The van der Waals surface area contributed by atoms with Crippen LogP contribution in [-0.4, -0.2) is 94.0 Å². The second-order valence-corrected chi connectivity index (χ2v) is 13.3. The average Bonchev–Trinajstić information content (AvgIpc) is 3.10. The molecule has 1 saturated heterocycles. The van der Waals surface area contributed by atoms with Gasteiger partial charge < -0.3 is 38.6 Å². The Kier molecular flexibility index (Phi) is 10.2. The van der Waals surface area contributed by atoms with Gasteiger partial charge in [-0.25, -0.2) is 0 Å². The zero-order valence-corrected chi connectivity index (χ0v) is 27.3. The van der Waals surface area contributed by atoms with E-state index in [9.17, 15) is 34.2 Å². The third-order valence-electron chi connectivity index (χ3n) is 9.68. The second-order valence-electron chi connectivity index (χ2n) is 13.3. The average molecular weight is 629 g/mol. The van der Waals surface area contributed by atoms with Crippen LogP contribution in [0.1, 0.15) is 88.5 Å². The second kappa shape index (κ2) is 12.6. The largest absolute Gasteiger partial charge is 0.464 e. The molecule has 3 aliphatic rings. The fourth-order valence-electron chi connectivity index (χ4n) is 7.45. The molecule has 3 rings (SSSR count). The molecule has 1 heterocycles. The lowest BCUT2D eigenvalue weighted by atomic mass is 9.45. The van der Waals surface area contributed by atoms with Crippen molar-refractivity contribution in [2.75, 3.05) is 6.61 Å². The highest BCUT2D eigenvalue weighted by atomic mass is 16.6. The van der Waals surface area contributed by atoms with E-state index < -0.39 is 113 Å². The number of carbonyl (C=O) groups excluding carboxylic acids is 5. The molecule has 13 nitrogen and oxygen atoms in total. The molecule has 1 spiro atoms. The Morgan fingerprint density at radius 3 is 1.80 bits per heavy atom. The van der Waals surface area contributed by atoms with Crippen LogP contribution in [0.5, 0.6) is 0 Å². The van der Waals surface area contributed by atoms with Crippen LogP contribution < -0.4 is 0 Å². The highest BCUT2D eigenvalue weighted by Crippen LogP contribution is 2.69. The number of esters is 5. The van der Waals surface area contributed by atoms with Gasteiger partial charge in [0.15, 0.2) is 11.7 Å². The van der Waals surface area contributed by atoms with E-state index in [2.05, 4.69) is 0 Å². The summed E-state index contributed by atoms with van der Waals surface area (Å²) in [4.78, 5) is 64.8. The van der Waals surface area contributed by atoms with E-state index in [1.54, 1.807) is 41.5 Å². The third-order valence-corrected chi connectivity index (χ3v) is 9.68. The predicted octanol–water partition coefficient (Wildman–Crippen LogP) is 2.01. The van der Waals surface area contributed by atoms with Gasteiger partial charge >= 0.3 is 29.8 Å². The Morgan fingerprint density at radius 2 is 1.30 bits per heavy atom. The van der Waals surface area contributed by atoms with Crippen molar-refractivity contribution in [3.8, 4) is 0 Å². The van der Waals surface area contributed by atoms with Crippen LogP contribution in [0, 0.1) is 23.2 Å². The van der Waals surface area contributed by atoms with Crippen LogP contribution in [0.25, 0.3) is 0 Å². The molecule has 0 aromatic carbocycles. The maximum Gasteiger partial charge on any atom is 0.309 e. The zero-order chi connectivity index (χ0) is 33.6. The topological polar surface area (TPSA) is 181 Å². The van der Waals surface area contributed by atoms with Crippen molar-refractivity contribution >= 4 is 29.8 Å². The van der Waals surface area contributed by atoms with Gasteiger partial charge in [0.25, 0.3) is 0 Å². The van der Waals surface area contributed by atoms with Crippen molar-refractivity contribution in [2.45, 2.75) is 136 Å². The van der Waals surface area contributed by atoms with Crippen molar-refractivity contribution < 1.29 is 62.6 Å². The van der Waals surface area contributed by atoms with Gasteiger partial charge in [0.2, 0.25) is 0 Å². The normalized spacial score (nSPS) is 38.4. The Morgan fingerprint density at radius 1 is 0.795 bits per heavy atom. The summed E-state index contributed by atoms with van der Waals surface area (Å²) < 4.78 is 36.4. The molecule has 0 radical (unpaired) electrons. The minimum absolute atomic E-state index is 0.375. The lowest BCUT2D eigenvalue weighted by Gasteiger charge is -2.66. The number of hydrogen-bond donors (Lipinski definition) is 2. The van der Waals surface area contributed by atoms with Crippen LogP contribution in [0.4, 0.5) is 0 Å². The molecule has 0 aromatic rings. The molecule has 13 heteroatoms. The summed E-state index contributed by atoms with van der Waals surface area (Å²) in [5.74, 6) is -6.07. The fraction of sp³-hybridized carbons (Fsp3) is 0.839. The molecule has 250 valence electrons. The number of fused-ring (bicyclic) bond motifs is 1. The summed E-state index contributed by atoms with van der Waals surface area (Å²) in [5, 5.41) is 23.9. The van der Waals surface area contributed by atoms with Crippen molar-refractivity contribution in [3.05, 3.63) is 0 Å². The van der Waals surface area contributed by atoms with Crippen LogP contribution >= 0.6 is 0 Å². The van der Waals surface area contributed by atoms with E-state index in [0.29, 0.717) is 12.8 Å². The van der Waals surface area contributed by atoms with Crippen LogP contribution in [0.3, 0.4) is 0 Å². The van der Waals surface area contributed by atoms with Crippen molar-refractivity contribution in [1.82, 2.24) is 0 Å². The molecule has 0 aromatic heterocycles. The molecule has 11 atom stereocenters. The van der Waals surface area contributed by atoms with Gasteiger partial charge in [-0.2, -0.15) is 0 Å². The Balaban J connectivity index is 2.53. The first kappa shape index (κ1) is 35.7. The molecular formula is C31H48O13. The molecule has 2 N–H and O–H groups in total. The van der Waals surface area contributed by atoms with E-state index in [0.717, 1.165) is 20.8 Å². The summed E-state index contributed by atoms with van der Waals surface area (Å²) in [6.45, 7) is 14.1. The van der Waals surface area contributed by atoms with Gasteiger partial charge in [0.05, 0.1) is 35.1 Å². The number of aliphatic hydroxyl groups is 2. The number of ether oxygens (including phenoxy) is 6. The quantitative estimate of drug-likeness (QED) is 0.265. The third kappa shape index (κ3) is 5.71. The van der Waals surface area contributed by atoms with Gasteiger partial charge in [-0.1, -0.05) is 27.7 Å². The summed E-state index contributed by atoms with van der Waals surface area (Å²) in [7, 11) is 0. The molecule has 2 bridgehead atoms. The van der Waals surface area contributed by atoms with Gasteiger partial charge in [0, 0.05) is 27.2 Å². The maximum atomic E-state index is 13.6. The van der Waals surface area contributed by atoms with Crippen molar-refractivity contribution in [2.24, 2.45) is 23.2 Å². The monoisotopic (exact) mass is 628 g/mol. The number of carbonyl (C=O) groups is 5. The smallest absolute Gasteiger partial charge is 0.309 e. The number of rotatable bonds is 10. The summed E-state index contributed by atoms with van der Waals surface area (Å²) in [5.41, 5.74) is -7.74. The summed E-state index contributed by atoms with van der Waals surface area (Å²) >= 11 is 0. The molecule has 1 aliphatic heterocycles. The lowest BCUT2D eigenvalue weighted by molar-refractivity contribution is -0.364. The van der Waals surface area contributed by atoms with Gasteiger partial charge in [-0.05, 0) is 33.6 Å². The van der Waals surface area contributed by atoms with Crippen LogP contribution in [0.15, 0.2) is 0 Å². The van der Waals surface area contributed by atoms with E-state index in [1.807, 2.05) is 0 Å². The highest BCUT2D eigenvalue weighted by molar-refractivity contribution is 5.74. The van der Waals surface area contributed by atoms with E-state index in [4.69, 9.17) is 28.4 Å². The molecular weight excluding hydrogens is 580 g/mol. The first-order chi connectivity index (χ1) is 20.2. The Bertz CT molecular complexity index is 1150. The molecule has 11 unspecified atom stereocenters. The van der Waals surface area contributed by atoms with Gasteiger partial charge in [0.1, 0.15) is 30.3 Å². The van der Waals surface area contributed by atoms with E-state index in [-0.39, 0.29) is 0 Å². The van der Waals surface area contributed by atoms with Gasteiger partial charge in [-0.3, -0.25) is 24.0 Å². The maximum absolute atomic E-state index is 13.6. The Hall–Kier alpha value is -2.77. The molecule has 2 aliphatic carbocycles. The summed E-state index contributed by atoms with van der Waals surface area (Å²) in [6, 6.07) is 0. The lowest BCUT2D eigenvalue weighted by Crippen LogP contribution is -2.85. The fourth-order valence-corrected chi connectivity index (χ4v) is 7.45. The highest BCUT2D eigenvalue weighted by Gasteiger charge is 2.88. The van der Waals surface area contributed by atoms with Crippen molar-refractivity contribution in [1.29, 1.82) is 0 Å². The van der Waals surface area contributed by atoms with Crippen LogP contribution in [-0.2, 0) is 52.4 Å². The van der Waals surface area contributed by atoms with Crippen molar-refractivity contribution in [3.63, 3.8) is 0 Å². The first-order valence-electron chi connectivity index (χ1n) is 15.2. The molecule has 44 heavy (non-hydrogen) atoms. The molecule has 0 amide bonds. The number of hydrogen-bond acceptors (Lipinski definition) is 13. The van der Waals surface area contributed by atoms with E-state index >= 15 is 0 Å². The predicted molar refractivity (Wildman–Crippen MR) is 151 cm³/mol. The minimum Gasteiger partial charge on any atom is -0.464 e. The zero-order valence-electron chi connectivity index (χ0n) is 27.3. The SMILES string of the molecule is CCC(C)C(=O)OCC12C(OC(C)=O)C(O)CC(C)(O)C13OC(C)(C)C(C(OC(C)=O)C2OC(=O)C(C)CC)C3OC(C)=O. The molecule has 3 fully saturated rings. The minimum atomic E-state index is -2.17. The van der Waals surface area contributed by atoms with Gasteiger partial charge in [-0.15, -0.1) is 0 Å². The first-order valence-corrected chi connectivity index (χ1v) is 15.2.